The second-order valence-corrected chi connectivity index (χ2v) is 5.77. The Hall–Kier alpha value is -1.43. The van der Waals surface area contributed by atoms with Gasteiger partial charge in [-0.1, -0.05) is 34.1 Å². The van der Waals surface area contributed by atoms with Crippen LogP contribution in [0.1, 0.15) is 22.7 Å². The minimum atomic E-state index is -0.340. The molecule has 21 heavy (non-hydrogen) atoms. The first-order valence-corrected chi connectivity index (χ1v) is 7.39. The van der Waals surface area contributed by atoms with Gasteiger partial charge in [0.05, 0.1) is 13.2 Å². The van der Waals surface area contributed by atoms with Gasteiger partial charge < -0.3 is 4.74 Å². The van der Waals surface area contributed by atoms with Gasteiger partial charge in [-0.05, 0) is 48.2 Å². The van der Waals surface area contributed by atoms with Crippen LogP contribution in [-0.2, 0) is 6.42 Å². The lowest BCUT2D eigenvalue weighted by Gasteiger charge is -2.20. The van der Waals surface area contributed by atoms with Crippen LogP contribution in [0.4, 0.5) is 4.39 Å². The lowest BCUT2D eigenvalue weighted by Crippen LogP contribution is -2.30. The summed E-state index contributed by atoms with van der Waals surface area (Å²) in [5, 5.41) is 0. The fourth-order valence-corrected chi connectivity index (χ4v) is 2.72. The van der Waals surface area contributed by atoms with Crippen molar-refractivity contribution in [1.29, 1.82) is 0 Å². The van der Waals surface area contributed by atoms with Gasteiger partial charge in [-0.3, -0.25) is 11.3 Å². The van der Waals surface area contributed by atoms with Gasteiger partial charge in [0.15, 0.2) is 11.6 Å². The summed E-state index contributed by atoms with van der Waals surface area (Å²) in [4.78, 5) is 0. The first-order valence-electron chi connectivity index (χ1n) is 6.60. The Bertz CT molecular complexity index is 634. The van der Waals surface area contributed by atoms with Crippen molar-refractivity contribution in [3.63, 3.8) is 0 Å². The van der Waals surface area contributed by atoms with Gasteiger partial charge in [0, 0.05) is 4.47 Å². The van der Waals surface area contributed by atoms with Crippen LogP contribution in [-0.4, -0.2) is 7.11 Å². The number of nitrogens with two attached hydrogens (primary N) is 1. The number of halogens is 2. The van der Waals surface area contributed by atoms with Crippen molar-refractivity contribution in [2.24, 2.45) is 5.84 Å². The molecule has 0 aliphatic rings. The van der Waals surface area contributed by atoms with Crippen molar-refractivity contribution in [3.05, 3.63) is 63.4 Å². The van der Waals surface area contributed by atoms with Crippen LogP contribution >= 0.6 is 15.9 Å². The molecule has 0 amide bonds. The molecule has 0 fully saturated rings. The van der Waals surface area contributed by atoms with Crippen LogP contribution in [0.5, 0.6) is 5.75 Å². The summed E-state index contributed by atoms with van der Waals surface area (Å²) < 4.78 is 20.2. The number of hydrazine groups is 1. The number of nitrogens with one attached hydrogen (secondary N) is 1. The highest BCUT2D eigenvalue weighted by Crippen LogP contribution is 2.28. The summed E-state index contributed by atoms with van der Waals surface area (Å²) in [5.41, 5.74) is 5.48. The van der Waals surface area contributed by atoms with E-state index in [9.17, 15) is 4.39 Å². The van der Waals surface area contributed by atoms with Crippen molar-refractivity contribution in [2.75, 3.05) is 7.11 Å². The minimum absolute atomic E-state index is 0.177. The zero-order valence-electron chi connectivity index (χ0n) is 12.0. The third-order valence-electron chi connectivity index (χ3n) is 3.51. The first kappa shape index (κ1) is 15.9. The number of hydrogen-bond acceptors (Lipinski definition) is 3. The van der Waals surface area contributed by atoms with Gasteiger partial charge >= 0.3 is 0 Å². The molecule has 0 aromatic heterocycles. The van der Waals surface area contributed by atoms with Crippen LogP contribution in [0, 0.1) is 12.7 Å². The topological polar surface area (TPSA) is 47.3 Å². The van der Waals surface area contributed by atoms with E-state index in [-0.39, 0.29) is 17.6 Å². The molecule has 2 rings (SSSR count). The van der Waals surface area contributed by atoms with Crippen LogP contribution < -0.4 is 16.0 Å². The van der Waals surface area contributed by atoms with E-state index in [0.717, 1.165) is 15.6 Å². The van der Waals surface area contributed by atoms with Crippen molar-refractivity contribution in [2.45, 2.75) is 19.4 Å². The van der Waals surface area contributed by atoms with E-state index < -0.39 is 0 Å². The Balaban J connectivity index is 2.33. The van der Waals surface area contributed by atoms with Crippen molar-refractivity contribution >= 4 is 15.9 Å². The summed E-state index contributed by atoms with van der Waals surface area (Å²) in [6, 6.07) is 10.9. The third kappa shape index (κ3) is 3.61. The molecule has 0 bridgehead atoms. The van der Waals surface area contributed by atoms with Crippen molar-refractivity contribution in [1.82, 2.24) is 5.43 Å². The normalized spacial score (nSPS) is 12.2. The highest BCUT2D eigenvalue weighted by Gasteiger charge is 2.17. The Kier molecular flexibility index (Phi) is 5.33. The first-order chi connectivity index (χ1) is 10.1. The zero-order valence-corrected chi connectivity index (χ0v) is 13.6. The highest BCUT2D eigenvalue weighted by molar-refractivity contribution is 9.10. The second-order valence-electron chi connectivity index (χ2n) is 4.86. The van der Waals surface area contributed by atoms with E-state index in [2.05, 4.69) is 21.4 Å². The molecule has 1 atom stereocenters. The standard InChI is InChI=1S/C16H18BrFN2O/c1-10-6-7-12(17)9-13(10)14(20-19)8-11-4-3-5-15(21-2)16(11)18/h3-7,9,14,20H,8,19H2,1-2H3. The Morgan fingerprint density at radius 1 is 1.33 bits per heavy atom. The van der Waals surface area contributed by atoms with Gasteiger partial charge in [-0.15, -0.1) is 0 Å². The molecular formula is C16H18BrFN2O. The SMILES string of the molecule is COc1cccc(CC(NN)c2cc(Br)ccc2C)c1F. The maximum absolute atomic E-state index is 14.3. The summed E-state index contributed by atoms with van der Waals surface area (Å²) >= 11 is 3.45. The van der Waals surface area contributed by atoms with Gasteiger partial charge in [0.25, 0.3) is 0 Å². The van der Waals surface area contributed by atoms with Crippen molar-refractivity contribution < 1.29 is 9.13 Å². The van der Waals surface area contributed by atoms with E-state index in [4.69, 9.17) is 10.6 Å². The van der Waals surface area contributed by atoms with E-state index in [1.165, 1.54) is 7.11 Å². The fraction of sp³-hybridized carbons (Fsp3) is 0.250. The number of ether oxygens (including phenoxy) is 1. The van der Waals surface area contributed by atoms with Crippen LogP contribution in [0.3, 0.4) is 0 Å². The fourth-order valence-electron chi connectivity index (χ4n) is 2.34. The monoisotopic (exact) mass is 352 g/mol. The molecule has 0 saturated heterocycles. The third-order valence-corrected chi connectivity index (χ3v) is 4.00. The number of rotatable bonds is 5. The van der Waals surface area contributed by atoms with E-state index in [0.29, 0.717) is 12.0 Å². The second kappa shape index (κ2) is 7.02. The molecule has 1 unspecified atom stereocenters. The molecule has 112 valence electrons. The van der Waals surface area contributed by atoms with Gasteiger partial charge in [-0.2, -0.15) is 0 Å². The molecule has 0 aliphatic carbocycles. The quantitative estimate of drug-likeness (QED) is 0.637. The number of hydrogen-bond donors (Lipinski definition) is 2. The van der Waals surface area contributed by atoms with Crippen LogP contribution in [0.2, 0.25) is 0 Å². The van der Waals surface area contributed by atoms with Gasteiger partial charge in [0.2, 0.25) is 0 Å². The summed E-state index contributed by atoms with van der Waals surface area (Å²) in [6.45, 7) is 2.01. The average molecular weight is 353 g/mol. The molecule has 0 radical (unpaired) electrons. The molecule has 5 heteroatoms. The summed E-state index contributed by atoms with van der Waals surface area (Å²) in [7, 11) is 1.46. The number of benzene rings is 2. The zero-order chi connectivity index (χ0) is 15.4. The lowest BCUT2D eigenvalue weighted by molar-refractivity contribution is 0.382. The molecule has 2 aromatic carbocycles. The van der Waals surface area contributed by atoms with Gasteiger partial charge in [0.1, 0.15) is 0 Å². The number of methoxy groups -OCH3 is 1. The Morgan fingerprint density at radius 2 is 2.10 bits per heavy atom. The highest BCUT2D eigenvalue weighted by atomic mass is 79.9. The molecule has 2 aromatic rings. The maximum atomic E-state index is 14.3. The number of aryl methyl sites for hydroxylation is 1. The van der Waals surface area contributed by atoms with Crippen LogP contribution in [0.15, 0.2) is 40.9 Å². The molecule has 0 spiro atoms. The predicted molar refractivity (Wildman–Crippen MR) is 85.6 cm³/mol. The molecular weight excluding hydrogens is 335 g/mol. The van der Waals surface area contributed by atoms with Crippen LogP contribution in [0.25, 0.3) is 0 Å². The summed E-state index contributed by atoms with van der Waals surface area (Å²) in [6.07, 6.45) is 0.441. The maximum Gasteiger partial charge on any atom is 0.168 e. The van der Waals surface area contributed by atoms with E-state index in [1.54, 1.807) is 18.2 Å². The van der Waals surface area contributed by atoms with Crippen molar-refractivity contribution in [3.8, 4) is 5.75 Å². The smallest absolute Gasteiger partial charge is 0.168 e. The summed E-state index contributed by atoms with van der Waals surface area (Å²) in [5.74, 6) is 5.58. The van der Waals surface area contributed by atoms with Gasteiger partial charge in [-0.25, -0.2) is 4.39 Å². The largest absolute Gasteiger partial charge is 0.494 e. The minimum Gasteiger partial charge on any atom is -0.494 e. The molecule has 0 heterocycles. The Labute approximate surface area is 132 Å². The van der Waals surface area contributed by atoms with E-state index >= 15 is 0 Å². The van der Waals surface area contributed by atoms with E-state index in [1.807, 2.05) is 25.1 Å². The average Bonchev–Trinajstić information content (AvgIpc) is 2.49. The molecule has 0 aliphatic heterocycles. The molecule has 0 saturated carbocycles. The molecule has 3 nitrogen and oxygen atoms in total. The lowest BCUT2D eigenvalue weighted by atomic mass is 9.95. The predicted octanol–water partition coefficient (Wildman–Crippen LogP) is 3.65. The molecule has 3 N–H and O–H groups in total. The Morgan fingerprint density at radius 3 is 2.76 bits per heavy atom.